The van der Waals surface area contributed by atoms with E-state index in [1.165, 1.54) is 6.20 Å². The van der Waals surface area contributed by atoms with Gasteiger partial charge in [-0.2, -0.15) is 0 Å². The van der Waals surface area contributed by atoms with Crippen molar-refractivity contribution in [3.63, 3.8) is 0 Å². The summed E-state index contributed by atoms with van der Waals surface area (Å²) in [5.74, 6) is 2.55. The average Bonchev–Trinajstić information content (AvgIpc) is 3.26. The molecular formula is C23H31N5O4S. The van der Waals surface area contributed by atoms with Crippen molar-refractivity contribution in [3.8, 4) is 11.5 Å². The molecule has 1 unspecified atom stereocenters. The lowest BCUT2D eigenvalue weighted by Crippen LogP contribution is -2.33. The fraction of sp³-hybridized carbons (Fsp3) is 0.391. The summed E-state index contributed by atoms with van der Waals surface area (Å²) in [5, 5.41) is 3.36. The molecule has 0 fully saturated rings. The van der Waals surface area contributed by atoms with E-state index in [0.29, 0.717) is 17.3 Å². The van der Waals surface area contributed by atoms with E-state index in [2.05, 4.69) is 20.0 Å². The highest BCUT2D eigenvalue weighted by atomic mass is 32.2. The van der Waals surface area contributed by atoms with Crippen molar-refractivity contribution in [2.75, 3.05) is 19.5 Å². The van der Waals surface area contributed by atoms with Crippen LogP contribution in [0.2, 0.25) is 0 Å². The summed E-state index contributed by atoms with van der Waals surface area (Å²) in [6.45, 7) is 3.90. The predicted octanol–water partition coefficient (Wildman–Crippen LogP) is 3.50. The van der Waals surface area contributed by atoms with E-state index < -0.39 is 10.0 Å². The number of rotatable bonds is 11. The first-order valence-electron chi connectivity index (χ1n) is 10.8. The molecule has 2 heterocycles. The zero-order valence-corrected chi connectivity index (χ0v) is 20.4. The zero-order chi connectivity index (χ0) is 24.0. The van der Waals surface area contributed by atoms with Gasteiger partial charge in [0.25, 0.3) is 0 Å². The predicted molar refractivity (Wildman–Crippen MR) is 127 cm³/mol. The molecule has 10 heteroatoms. The summed E-state index contributed by atoms with van der Waals surface area (Å²) in [7, 11) is 1.46. The minimum absolute atomic E-state index is 0.108. The number of pyridine rings is 1. The van der Waals surface area contributed by atoms with E-state index in [1.54, 1.807) is 38.6 Å². The molecule has 0 spiro atoms. The van der Waals surface area contributed by atoms with Gasteiger partial charge in [0.05, 0.1) is 14.2 Å². The molecule has 1 aromatic carbocycles. The Morgan fingerprint density at radius 2 is 1.70 bits per heavy atom. The third kappa shape index (κ3) is 5.82. The molecular weight excluding hydrogens is 442 g/mol. The molecule has 33 heavy (non-hydrogen) atoms. The van der Waals surface area contributed by atoms with Crippen LogP contribution >= 0.6 is 0 Å². The van der Waals surface area contributed by atoms with E-state index in [1.807, 2.05) is 43.8 Å². The molecule has 1 atom stereocenters. The molecule has 3 rings (SSSR count). The van der Waals surface area contributed by atoms with E-state index in [-0.39, 0.29) is 17.0 Å². The number of aromatic nitrogens is 3. The molecule has 3 aromatic rings. The highest BCUT2D eigenvalue weighted by molar-refractivity contribution is 7.89. The molecule has 9 nitrogen and oxygen atoms in total. The van der Waals surface area contributed by atoms with Gasteiger partial charge >= 0.3 is 0 Å². The number of hydrogen-bond donors (Lipinski definition) is 2. The Hall–Kier alpha value is -3.11. The number of benzene rings is 1. The van der Waals surface area contributed by atoms with Crippen LogP contribution in [0.1, 0.15) is 44.1 Å². The van der Waals surface area contributed by atoms with E-state index in [4.69, 9.17) is 9.47 Å². The van der Waals surface area contributed by atoms with Crippen LogP contribution < -0.4 is 19.5 Å². The maximum atomic E-state index is 12.7. The first-order valence-corrected chi connectivity index (χ1v) is 12.2. The second-order valence-electron chi connectivity index (χ2n) is 7.63. The monoisotopic (exact) mass is 473 g/mol. The first-order chi connectivity index (χ1) is 15.8. The van der Waals surface area contributed by atoms with Crippen molar-refractivity contribution in [3.05, 3.63) is 60.3 Å². The van der Waals surface area contributed by atoms with Crippen LogP contribution in [0.15, 0.2) is 53.8 Å². The highest BCUT2D eigenvalue weighted by Gasteiger charge is 2.22. The van der Waals surface area contributed by atoms with Gasteiger partial charge in [-0.15, -0.1) is 0 Å². The third-order valence-electron chi connectivity index (χ3n) is 5.47. The van der Waals surface area contributed by atoms with Gasteiger partial charge in [-0.05, 0) is 42.7 Å². The number of nitrogens with zero attached hydrogens (tertiary/aromatic N) is 3. The van der Waals surface area contributed by atoms with Crippen molar-refractivity contribution in [1.82, 2.24) is 19.3 Å². The molecule has 0 saturated heterocycles. The molecule has 0 aliphatic carbocycles. The quantitative estimate of drug-likeness (QED) is 0.439. The summed E-state index contributed by atoms with van der Waals surface area (Å²) >= 11 is 0. The number of sulfonamides is 1. The summed E-state index contributed by atoms with van der Waals surface area (Å²) in [4.78, 5) is 8.98. The summed E-state index contributed by atoms with van der Waals surface area (Å²) in [6, 6.07) is 8.29. The van der Waals surface area contributed by atoms with Gasteiger partial charge in [0.1, 0.15) is 34.1 Å². The van der Waals surface area contributed by atoms with E-state index in [0.717, 1.165) is 24.2 Å². The fourth-order valence-electron chi connectivity index (χ4n) is 3.46. The molecule has 0 radical (unpaired) electrons. The van der Waals surface area contributed by atoms with Crippen molar-refractivity contribution >= 4 is 15.8 Å². The Balaban J connectivity index is 1.93. The van der Waals surface area contributed by atoms with Crippen molar-refractivity contribution in [2.24, 2.45) is 7.05 Å². The topological polar surface area (TPSA) is 107 Å². The second kappa shape index (κ2) is 10.7. The third-order valence-corrected chi connectivity index (χ3v) is 6.98. The summed E-state index contributed by atoms with van der Waals surface area (Å²) < 4.78 is 40.8. The SMILES string of the molecule is CCC(CC)NS(=O)(=O)c1ccc(NC(c2cc(OC)cc(OC)c2)c2nccn2C)nc1. The van der Waals surface area contributed by atoms with Gasteiger partial charge in [-0.1, -0.05) is 13.8 Å². The fourth-order valence-corrected chi connectivity index (χ4v) is 4.81. The Morgan fingerprint density at radius 3 is 2.18 bits per heavy atom. The number of imidazole rings is 1. The minimum Gasteiger partial charge on any atom is -0.497 e. The van der Waals surface area contributed by atoms with Gasteiger partial charge < -0.3 is 19.4 Å². The van der Waals surface area contributed by atoms with Crippen LogP contribution in [-0.2, 0) is 17.1 Å². The van der Waals surface area contributed by atoms with Crippen LogP contribution in [-0.4, -0.2) is 43.2 Å². The van der Waals surface area contributed by atoms with Crippen LogP contribution in [0.3, 0.4) is 0 Å². The van der Waals surface area contributed by atoms with Gasteiger partial charge in [0.15, 0.2) is 0 Å². The Morgan fingerprint density at radius 1 is 1.03 bits per heavy atom. The lowest BCUT2D eigenvalue weighted by molar-refractivity contribution is 0.393. The Bertz CT molecular complexity index is 1140. The number of methoxy groups -OCH3 is 2. The highest BCUT2D eigenvalue weighted by Crippen LogP contribution is 2.31. The van der Waals surface area contributed by atoms with Crippen molar-refractivity contribution < 1.29 is 17.9 Å². The van der Waals surface area contributed by atoms with Crippen LogP contribution in [0, 0.1) is 0 Å². The molecule has 178 valence electrons. The maximum Gasteiger partial charge on any atom is 0.242 e. The molecule has 0 bridgehead atoms. The summed E-state index contributed by atoms with van der Waals surface area (Å²) in [6.07, 6.45) is 6.37. The molecule has 2 aromatic heterocycles. The minimum atomic E-state index is -3.64. The smallest absolute Gasteiger partial charge is 0.242 e. The zero-order valence-electron chi connectivity index (χ0n) is 19.6. The first kappa shape index (κ1) is 24.5. The second-order valence-corrected chi connectivity index (χ2v) is 9.35. The number of ether oxygens (including phenoxy) is 2. The van der Waals surface area contributed by atoms with E-state index in [9.17, 15) is 8.42 Å². The standard InChI is InChI=1S/C23H31N5O4S/c1-6-17(7-2)27-33(29,30)20-8-9-21(25-15-20)26-22(23-24-10-11-28(23)3)16-12-18(31-4)14-19(13-16)32-5/h8-15,17,22,27H,6-7H2,1-5H3,(H,25,26). The molecule has 0 amide bonds. The van der Waals surface area contributed by atoms with Crippen LogP contribution in [0.25, 0.3) is 0 Å². The molecule has 2 N–H and O–H groups in total. The Kier molecular flexibility index (Phi) is 7.93. The maximum absolute atomic E-state index is 12.7. The Labute approximate surface area is 195 Å². The lowest BCUT2D eigenvalue weighted by atomic mass is 10.0. The van der Waals surface area contributed by atoms with Gasteiger partial charge in [0.2, 0.25) is 10.0 Å². The van der Waals surface area contributed by atoms with Crippen LogP contribution in [0.4, 0.5) is 5.82 Å². The molecule has 0 aliphatic heterocycles. The van der Waals surface area contributed by atoms with Crippen molar-refractivity contribution in [2.45, 2.75) is 43.7 Å². The van der Waals surface area contributed by atoms with Crippen LogP contribution in [0.5, 0.6) is 11.5 Å². The lowest BCUT2D eigenvalue weighted by Gasteiger charge is -2.21. The summed E-state index contributed by atoms with van der Waals surface area (Å²) in [5.41, 5.74) is 0.856. The normalized spacial score (nSPS) is 12.5. The number of nitrogens with one attached hydrogen (secondary N) is 2. The molecule has 0 aliphatic rings. The number of anilines is 1. The van der Waals surface area contributed by atoms with Crippen molar-refractivity contribution in [1.29, 1.82) is 0 Å². The average molecular weight is 474 g/mol. The largest absolute Gasteiger partial charge is 0.497 e. The van der Waals surface area contributed by atoms with Gasteiger partial charge in [0, 0.05) is 37.7 Å². The van der Waals surface area contributed by atoms with Gasteiger partial charge in [-0.25, -0.2) is 23.1 Å². The number of aryl methyl sites for hydroxylation is 1. The number of hydrogen-bond acceptors (Lipinski definition) is 7. The van der Waals surface area contributed by atoms with E-state index >= 15 is 0 Å². The van der Waals surface area contributed by atoms with Gasteiger partial charge in [-0.3, -0.25) is 0 Å². The molecule has 0 saturated carbocycles.